The van der Waals surface area contributed by atoms with E-state index in [1.54, 1.807) is 0 Å². The zero-order valence-corrected chi connectivity index (χ0v) is 9.59. The number of benzene rings is 1. The Hall–Kier alpha value is -1.75. The molecule has 0 radical (unpaired) electrons. The van der Waals surface area contributed by atoms with Crippen LogP contribution in [0.3, 0.4) is 0 Å². The minimum absolute atomic E-state index is 0.668. The molecule has 1 N–H and O–H groups in total. The zero-order chi connectivity index (χ0) is 11.4. The molecule has 0 saturated heterocycles. The summed E-state index contributed by atoms with van der Waals surface area (Å²) >= 11 is 0. The molecule has 16 heavy (non-hydrogen) atoms. The maximum Gasteiger partial charge on any atom is 0.0621 e. The Morgan fingerprint density at radius 1 is 1.25 bits per heavy atom. The fourth-order valence-electron chi connectivity index (χ4n) is 2.16. The van der Waals surface area contributed by atoms with Crippen LogP contribution in [0.1, 0.15) is 30.5 Å². The predicted molar refractivity (Wildman–Crippen MR) is 66.2 cm³/mol. The van der Waals surface area contributed by atoms with E-state index in [2.05, 4.69) is 42.2 Å². The van der Waals surface area contributed by atoms with Crippen LogP contribution in [0.15, 0.2) is 24.3 Å². The summed E-state index contributed by atoms with van der Waals surface area (Å²) in [6.45, 7) is 2.12. The molecule has 0 atom stereocenters. The molecule has 0 saturated carbocycles. The number of unbranched alkanes of at least 4 members (excludes halogenated alkanes) is 2. The number of nitrogens with one attached hydrogen (secondary N) is 1. The SMILES string of the molecule is Cc1[nH]c2ccccc2c1CCCCC#N. The summed E-state index contributed by atoms with van der Waals surface area (Å²) in [5, 5.41) is 9.82. The van der Waals surface area contributed by atoms with Crippen molar-refractivity contribution in [1.82, 2.24) is 4.98 Å². The van der Waals surface area contributed by atoms with Crippen molar-refractivity contribution in [3.05, 3.63) is 35.5 Å². The number of H-pyrrole nitrogens is 1. The van der Waals surface area contributed by atoms with Gasteiger partial charge in [-0.1, -0.05) is 18.2 Å². The molecule has 1 aromatic heterocycles. The van der Waals surface area contributed by atoms with Gasteiger partial charge in [0.1, 0.15) is 0 Å². The van der Waals surface area contributed by atoms with Crippen LogP contribution in [-0.4, -0.2) is 4.98 Å². The molecule has 0 bridgehead atoms. The molecule has 0 aliphatic carbocycles. The van der Waals surface area contributed by atoms with Crippen molar-refractivity contribution in [2.45, 2.75) is 32.6 Å². The number of hydrogen-bond donors (Lipinski definition) is 1. The minimum atomic E-state index is 0.668. The first-order valence-corrected chi connectivity index (χ1v) is 5.76. The van der Waals surface area contributed by atoms with Gasteiger partial charge in [-0.3, -0.25) is 0 Å². The molecule has 2 nitrogen and oxygen atoms in total. The van der Waals surface area contributed by atoms with Gasteiger partial charge in [0.15, 0.2) is 0 Å². The highest BCUT2D eigenvalue weighted by Crippen LogP contribution is 2.23. The van der Waals surface area contributed by atoms with Gasteiger partial charge in [-0.15, -0.1) is 0 Å². The largest absolute Gasteiger partial charge is 0.358 e. The van der Waals surface area contributed by atoms with Crippen LogP contribution in [0.2, 0.25) is 0 Å². The summed E-state index contributed by atoms with van der Waals surface area (Å²) in [6, 6.07) is 10.6. The molecular weight excluding hydrogens is 196 g/mol. The number of aryl methyl sites for hydroxylation is 2. The molecule has 2 heteroatoms. The Labute approximate surface area is 95.9 Å². The van der Waals surface area contributed by atoms with E-state index < -0.39 is 0 Å². The van der Waals surface area contributed by atoms with Crippen molar-refractivity contribution in [1.29, 1.82) is 5.26 Å². The van der Waals surface area contributed by atoms with Crippen LogP contribution in [-0.2, 0) is 6.42 Å². The average molecular weight is 212 g/mol. The van der Waals surface area contributed by atoms with Crippen molar-refractivity contribution in [3.63, 3.8) is 0 Å². The molecule has 0 aliphatic heterocycles. The quantitative estimate of drug-likeness (QED) is 0.771. The second-order valence-corrected chi connectivity index (χ2v) is 4.14. The van der Waals surface area contributed by atoms with Crippen LogP contribution in [0.4, 0.5) is 0 Å². The number of rotatable bonds is 4. The average Bonchev–Trinajstić information content (AvgIpc) is 2.61. The van der Waals surface area contributed by atoms with Gasteiger partial charge in [-0.25, -0.2) is 0 Å². The molecule has 0 unspecified atom stereocenters. The van der Waals surface area contributed by atoms with E-state index in [-0.39, 0.29) is 0 Å². The lowest BCUT2D eigenvalue weighted by molar-refractivity contribution is 0.752. The van der Waals surface area contributed by atoms with E-state index in [9.17, 15) is 0 Å². The highest BCUT2D eigenvalue weighted by Gasteiger charge is 2.06. The fourth-order valence-corrected chi connectivity index (χ4v) is 2.16. The lowest BCUT2D eigenvalue weighted by Crippen LogP contribution is -1.87. The number of para-hydroxylation sites is 1. The Balaban J connectivity index is 2.17. The lowest BCUT2D eigenvalue weighted by Gasteiger charge is -1.99. The molecular formula is C14H16N2. The number of aromatic nitrogens is 1. The summed E-state index contributed by atoms with van der Waals surface area (Å²) in [5.74, 6) is 0. The second-order valence-electron chi connectivity index (χ2n) is 4.14. The Bertz CT molecular complexity index is 517. The highest BCUT2D eigenvalue weighted by molar-refractivity contribution is 5.84. The van der Waals surface area contributed by atoms with E-state index in [4.69, 9.17) is 5.26 Å². The Kier molecular flexibility index (Phi) is 3.26. The predicted octanol–water partition coefficient (Wildman–Crippen LogP) is 3.71. The van der Waals surface area contributed by atoms with Crippen LogP contribution < -0.4 is 0 Å². The zero-order valence-electron chi connectivity index (χ0n) is 9.59. The summed E-state index contributed by atoms with van der Waals surface area (Å²) in [4.78, 5) is 3.40. The third-order valence-corrected chi connectivity index (χ3v) is 2.99. The van der Waals surface area contributed by atoms with E-state index in [1.807, 2.05) is 0 Å². The number of hydrogen-bond acceptors (Lipinski definition) is 1. The Morgan fingerprint density at radius 2 is 2.06 bits per heavy atom. The van der Waals surface area contributed by atoms with Gasteiger partial charge in [0.25, 0.3) is 0 Å². The molecule has 0 amide bonds. The van der Waals surface area contributed by atoms with E-state index in [0.717, 1.165) is 19.3 Å². The monoisotopic (exact) mass is 212 g/mol. The lowest BCUT2D eigenvalue weighted by atomic mass is 10.0. The number of aromatic amines is 1. The maximum atomic E-state index is 8.49. The van der Waals surface area contributed by atoms with Crippen molar-refractivity contribution in [2.75, 3.05) is 0 Å². The van der Waals surface area contributed by atoms with Gasteiger partial charge in [-0.2, -0.15) is 5.26 Å². The number of nitriles is 1. The summed E-state index contributed by atoms with van der Waals surface area (Å²) in [6.07, 6.45) is 3.82. The first-order valence-electron chi connectivity index (χ1n) is 5.76. The summed E-state index contributed by atoms with van der Waals surface area (Å²) in [7, 11) is 0. The molecule has 1 aromatic carbocycles. The van der Waals surface area contributed by atoms with Gasteiger partial charge < -0.3 is 4.98 Å². The van der Waals surface area contributed by atoms with Crippen molar-refractivity contribution >= 4 is 10.9 Å². The molecule has 2 rings (SSSR count). The van der Waals surface area contributed by atoms with Crippen LogP contribution >= 0.6 is 0 Å². The third kappa shape index (κ3) is 2.09. The third-order valence-electron chi connectivity index (χ3n) is 2.99. The first-order chi connectivity index (χ1) is 7.83. The van der Waals surface area contributed by atoms with Gasteiger partial charge >= 0.3 is 0 Å². The second kappa shape index (κ2) is 4.85. The van der Waals surface area contributed by atoms with E-state index >= 15 is 0 Å². The topological polar surface area (TPSA) is 39.6 Å². The number of fused-ring (bicyclic) bond motifs is 1. The number of nitrogens with zero attached hydrogens (tertiary/aromatic N) is 1. The standard InChI is InChI=1S/C14H16N2/c1-11-12(7-3-2-6-10-15)13-8-4-5-9-14(13)16-11/h4-5,8-9,16H,2-3,6-7H2,1H3. The molecule has 0 fully saturated rings. The molecule has 0 spiro atoms. The van der Waals surface area contributed by atoms with E-state index in [1.165, 1.54) is 22.2 Å². The van der Waals surface area contributed by atoms with Gasteiger partial charge in [-0.05, 0) is 37.8 Å². The van der Waals surface area contributed by atoms with Gasteiger partial charge in [0.05, 0.1) is 6.07 Å². The molecule has 2 aromatic rings. The minimum Gasteiger partial charge on any atom is -0.358 e. The van der Waals surface area contributed by atoms with Crippen molar-refractivity contribution < 1.29 is 0 Å². The molecule has 1 heterocycles. The van der Waals surface area contributed by atoms with Crippen LogP contribution in [0.5, 0.6) is 0 Å². The van der Waals surface area contributed by atoms with Crippen molar-refractivity contribution in [2.24, 2.45) is 0 Å². The fraction of sp³-hybridized carbons (Fsp3) is 0.357. The summed E-state index contributed by atoms with van der Waals surface area (Å²) in [5.41, 5.74) is 3.89. The van der Waals surface area contributed by atoms with Crippen molar-refractivity contribution in [3.8, 4) is 6.07 Å². The highest BCUT2D eigenvalue weighted by atomic mass is 14.7. The normalized spacial score (nSPS) is 10.5. The maximum absolute atomic E-state index is 8.49. The molecule has 82 valence electrons. The van der Waals surface area contributed by atoms with Crippen LogP contribution in [0.25, 0.3) is 10.9 Å². The molecule has 0 aliphatic rings. The summed E-state index contributed by atoms with van der Waals surface area (Å²) < 4.78 is 0. The first kappa shape index (κ1) is 10.8. The smallest absolute Gasteiger partial charge is 0.0621 e. The Morgan fingerprint density at radius 3 is 2.88 bits per heavy atom. The van der Waals surface area contributed by atoms with Crippen LogP contribution in [0, 0.1) is 18.3 Å². The van der Waals surface area contributed by atoms with Gasteiger partial charge in [0, 0.05) is 23.0 Å². The van der Waals surface area contributed by atoms with E-state index in [0.29, 0.717) is 6.42 Å². The van der Waals surface area contributed by atoms with Gasteiger partial charge in [0.2, 0.25) is 0 Å².